The Bertz CT molecular complexity index is 99.9. The molecule has 0 saturated carbocycles. The zero-order chi connectivity index (χ0) is 6.78. The highest BCUT2D eigenvalue weighted by Gasteiger charge is 2.23. The lowest BCUT2D eigenvalue weighted by Crippen LogP contribution is -2.11. The lowest BCUT2D eigenvalue weighted by atomic mass is 11.6. The summed E-state index contributed by atoms with van der Waals surface area (Å²) in [5, 5.41) is 0. The van der Waals surface area contributed by atoms with E-state index < -0.39 is 16.1 Å². The van der Waals surface area contributed by atoms with E-state index in [4.69, 9.17) is 0 Å². The van der Waals surface area contributed by atoms with Crippen LogP contribution in [0.4, 0.5) is 4.39 Å². The number of alkyl halides is 3. The van der Waals surface area contributed by atoms with Gasteiger partial charge in [0.05, 0.1) is 11.4 Å². The smallest absolute Gasteiger partial charge is 0.379 e. The van der Waals surface area contributed by atoms with E-state index in [0.29, 0.717) is 0 Å². The predicted molar refractivity (Wildman–Crippen MR) is 25.5 cm³/mol. The van der Waals surface area contributed by atoms with Crippen LogP contribution < -0.4 is 0 Å². The Morgan fingerprint density at radius 1 is 1.75 bits per heavy atom. The van der Waals surface area contributed by atoms with Crippen molar-refractivity contribution >= 4 is 34.6 Å². The highest BCUT2D eigenvalue weighted by molar-refractivity contribution is 7.74. The van der Waals surface area contributed by atoms with Crippen LogP contribution in [0.2, 0.25) is 0 Å². The Morgan fingerprint density at radius 3 is 2.12 bits per heavy atom. The maximum Gasteiger partial charge on any atom is 0.379 e. The van der Waals surface area contributed by atoms with Gasteiger partial charge in [-0.05, 0) is 23.2 Å². The first-order valence-corrected chi connectivity index (χ1v) is 3.03. The molecule has 0 radical (unpaired) electrons. The molecule has 0 aromatic rings. The third-order valence-corrected chi connectivity index (χ3v) is 0.866. The molecule has 3 nitrogen and oxygen atoms in total. The second-order valence-corrected chi connectivity index (χ2v) is 2.47. The van der Waals surface area contributed by atoms with Crippen molar-refractivity contribution in [2.24, 2.45) is 0 Å². The molecule has 7 heteroatoms. The Morgan fingerprint density at radius 2 is 2.12 bits per heavy atom. The highest BCUT2D eigenvalue weighted by Crippen LogP contribution is 2.24. The van der Waals surface area contributed by atoms with Crippen molar-refractivity contribution in [2.45, 2.75) is 4.77 Å². The van der Waals surface area contributed by atoms with Gasteiger partial charge in [0, 0.05) is 0 Å². The lowest BCUT2D eigenvalue weighted by molar-refractivity contribution is 0.107. The normalized spacial score (nSPS) is 16.0. The molecule has 50 valence electrons. The van der Waals surface area contributed by atoms with Crippen LogP contribution in [0.5, 0.6) is 0 Å². The molecule has 1 atom stereocenters. The Hall–Kier alpha value is 0.580. The van der Waals surface area contributed by atoms with Crippen molar-refractivity contribution in [3.63, 3.8) is 0 Å². The van der Waals surface area contributed by atoms with Crippen LogP contribution in [-0.2, 0) is 15.5 Å². The van der Waals surface area contributed by atoms with Crippen molar-refractivity contribution in [3.05, 3.63) is 0 Å². The van der Waals surface area contributed by atoms with Crippen LogP contribution >= 0.6 is 23.2 Å². The molecule has 0 N–H and O–H groups in total. The predicted octanol–water partition coefficient (Wildman–Crippen LogP) is 0.856. The number of halogens is 3. The molecule has 0 aliphatic carbocycles. The van der Waals surface area contributed by atoms with Crippen LogP contribution in [-0.4, -0.2) is 13.5 Å². The number of hydrogen-bond donors (Lipinski definition) is 0. The first-order chi connectivity index (χ1) is 3.42. The minimum atomic E-state index is -3.15. The van der Waals surface area contributed by atoms with Gasteiger partial charge >= 0.3 is 4.77 Å². The van der Waals surface area contributed by atoms with Crippen molar-refractivity contribution in [3.8, 4) is 0 Å². The monoisotopic (exact) mass is 181 g/mol. The molecule has 0 aromatic heterocycles. The van der Waals surface area contributed by atoms with Crippen molar-refractivity contribution in [2.75, 3.05) is 0 Å². The molecule has 0 spiro atoms. The molecule has 1 unspecified atom stereocenters. The van der Waals surface area contributed by atoms with Gasteiger partial charge in [0.1, 0.15) is 0 Å². The van der Waals surface area contributed by atoms with Gasteiger partial charge in [-0.3, -0.25) is 0 Å². The van der Waals surface area contributed by atoms with E-state index in [1.54, 1.807) is 0 Å². The minimum absolute atomic E-state index is 3.02. The standard InChI is InChI=1S/CHCl2FO3S/c2-1(3,4)7-8(5)6/h(H,5,6)/p-1. The highest BCUT2D eigenvalue weighted by atomic mass is 35.5. The van der Waals surface area contributed by atoms with Gasteiger partial charge in [0.15, 0.2) is 0 Å². The third kappa shape index (κ3) is 6.58. The average Bonchev–Trinajstić information content (AvgIpc) is 1.21. The van der Waals surface area contributed by atoms with E-state index in [9.17, 15) is 13.2 Å². The summed E-state index contributed by atoms with van der Waals surface area (Å²) in [6.07, 6.45) is 0. The van der Waals surface area contributed by atoms with E-state index in [0.717, 1.165) is 0 Å². The molecular formula is CCl2FO3S-. The number of rotatable bonds is 2. The summed E-state index contributed by atoms with van der Waals surface area (Å²) >= 11 is 5.80. The second kappa shape index (κ2) is 2.93. The van der Waals surface area contributed by atoms with Gasteiger partial charge in [-0.2, -0.15) is 4.39 Å². The van der Waals surface area contributed by atoms with Gasteiger partial charge in [0.2, 0.25) is 0 Å². The lowest BCUT2D eigenvalue weighted by Gasteiger charge is -2.10. The van der Waals surface area contributed by atoms with Crippen molar-refractivity contribution in [1.29, 1.82) is 0 Å². The summed E-state index contributed by atoms with van der Waals surface area (Å²) in [6, 6.07) is 0. The van der Waals surface area contributed by atoms with Crippen LogP contribution in [0.3, 0.4) is 0 Å². The maximum atomic E-state index is 11.6. The van der Waals surface area contributed by atoms with Crippen LogP contribution in [0.15, 0.2) is 0 Å². The number of hydrogen-bond acceptors (Lipinski definition) is 3. The van der Waals surface area contributed by atoms with Gasteiger partial charge in [-0.25, -0.2) is 8.39 Å². The van der Waals surface area contributed by atoms with Gasteiger partial charge < -0.3 is 4.55 Å². The SMILES string of the molecule is O=S([O-])OC(F)(Cl)Cl. The molecule has 0 aliphatic rings. The van der Waals surface area contributed by atoms with E-state index in [1.807, 2.05) is 0 Å². The summed E-state index contributed by atoms with van der Waals surface area (Å²) in [5.74, 6) is 0. The molecule has 0 aliphatic heterocycles. The van der Waals surface area contributed by atoms with Crippen LogP contribution in [0.25, 0.3) is 0 Å². The topological polar surface area (TPSA) is 49.4 Å². The Kier molecular flexibility index (Phi) is 3.14. The molecule has 0 amide bonds. The molecule has 0 rings (SSSR count). The summed E-state index contributed by atoms with van der Waals surface area (Å²) in [6.45, 7) is 0. The molecule has 0 aromatic carbocycles. The van der Waals surface area contributed by atoms with Crippen LogP contribution in [0.1, 0.15) is 0 Å². The Labute approximate surface area is 57.2 Å². The Balaban J connectivity index is 3.55. The average molecular weight is 182 g/mol. The van der Waals surface area contributed by atoms with Gasteiger partial charge in [-0.15, -0.1) is 0 Å². The first-order valence-electron chi connectivity index (χ1n) is 1.27. The fourth-order valence-electron chi connectivity index (χ4n) is 0.0772. The fourth-order valence-corrected chi connectivity index (χ4v) is 0.540. The van der Waals surface area contributed by atoms with E-state index in [1.165, 1.54) is 0 Å². The molecule has 8 heavy (non-hydrogen) atoms. The molecular weight excluding hydrogens is 182 g/mol. The van der Waals surface area contributed by atoms with Crippen molar-refractivity contribution < 1.29 is 17.3 Å². The van der Waals surface area contributed by atoms with Gasteiger partial charge in [0.25, 0.3) is 0 Å². The molecule has 0 fully saturated rings. The quantitative estimate of drug-likeness (QED) is 0.469. The van der Waals surface area contributed by atoms with Gasteiger partial charge in [-0.1, -0.05) is 0 Å². The first kappa shape index (κ1) is 8.58. The zero-order valence-corrected chi connectivity index (χ0v) is 5.60. The minimum Gasteiger partial charge on any atom is -0.750 e. The largest absolute Gasteiger partial charge is 0.750 e. The summed E-state index contributed by atoms with van der Waals surface area (Å²) in [7, 11) is 0. The summed E-state index contributed by atoms with van der Waals surface area (Å²) in [4.78, 5) is 0. The maximum absolute atomic E-state index is 11.6. The second-order valence-electron chi connectivity index (χ2n) is 0.733. The summed E-state index contributed by atoms with van der Waals surface area (Å²) < 4.78 is 30.4. The van der Waals surface area contributed by atoms with E-state index >= 15 is 0 Å². The summed E-state index contributed by atoms with van der Waals surface area (Å²) in [5.41, 5.74) is 0. The molecule has 0 saturated heterocycles. The van der Waals surface area contributed by atoms with Crippen LogP contribution in [0, 0.1) is 0 Å². The van der Waals surface area contributed by atoms with E-state index in [2.05, 4.69) is 27.4 Å². The zero-order valence-electron chi connectivity index (χ0n) is 3.27. The van der Waals surface area contributed by atoms with E-state index in [-0.39, 0.29) is 0 Å². The van der Waals surface area contributed by atoms with Crippen molar-refractivity contribution in [1.82, 2.24) is 0 Å². The fraction of sp³-hybridized carbons (Fsp3) is 1.00. The molecule has 0 heterocycles. The third-order valence-electron chi connectivity index (χ3n) is 0.163. The molecule has 0 bridgehead atoms.